The van der Waals surface area contributed by atoms with Crippen LogP contribution in [-0.2, 0) is 4.74 Å². The van der Waals surface area contributed by atoms with Crippen LogP contribution in [-0.4, -0.2) is 23.9 Å². The van der Waals surface area contributed by atoms with Crippen LogP contribution >= 0.6 is 0 Å². The molecule has 0 aliphatic carbocycles. The van der Waals surface area contributed by atoms with Gasteiger partial charge in [0.15, 0.2) is 0 Å². The predicted molar refractivity (Wildman–Crippen MR) is 35.2 cm³/mol. The summed E-state index contributed by atoms with van der Waals surface area (Å²) < 4.78 is 5.17. The van der Waals surface area contributed by atoms with Crippen LogP contribution < -0.4 is 0 Å². The van der Waals surface area contributed by atoms with E-state index in [2.05, 4.69) is 6.58 Å². The van der Waals surface area contributed by atoms with E-state index in [1.165, 1.54) is 0 Å². The molecule has 1 rings (SSSR count). The zero-order valence-corrected chi connectivity index (χ0v) is 5.42. The van der Waals surface area contributed by atoms with Crippen LogP contribution in [0, 0.1) is 0 Å². The molecule has 0 saturated carbocycles. The second-order valence-corrected chi connectivity index (χ2v) is 2.28. The summed E-state index contributed by atoms with van der Waals surface area (Å²) in [6.45, 7) is 4.31. The Labute approximate surface area is 55.1 Å². The first kappa shape index (κ1) is 6.78. The summed E-state index contributed by atoms with van der Waals surface area (Å²) in [6.07, 6.45) is 3.02. The third kappa shape index (κ3) is 1.53. The van der Waals surface area contributed by atoms with Gasteiger partial charge in [0, 0.05) is 6.61 Å². The largest absolute Gasteiger partial charge is 0.390 e. The fraction of sp³-hybridized carbons (Fsp3) is 0.714. The van der Waals surface area contributed by atoms with E-state index in [0.29, 0.717) is 0 Å². The van der Waals surface area contributed by atoms with Crippen LogP contribution in [0.5, 0.6) is 0 Å². The van der Waals surface area contributed by atoms with E-state index < -0.39 is 0 Å². The lowest BCUT2D eigenvalue weighted by Gasteiger charge is -2.24. The molecule has 1 aliphatic rings. The molecule has 1 aliphatic heterocycles. The summed E-state index contributed by atoms with van der Waals surface area (Å²) in [6, 6.07) is 0. The van der Waals surface area contributed by atoms with Gasteiger partial charge in [0.05, 0.1) is 6.10 Å². The molecule has 52 valence electrons. The minimum absolute atomic E-state index is 0.126. The molecule has 1 heterocycles. The Kier molecular flexibility index (Phi) is 2.25. The molecule has 1 fully saturated rings. The Morgan fingerprint density at radius 1 is 1.67 bits per heavy atom. The molecule has 0 bridgehead atoms. The lowest BCUT2D eigenvalue weighted by molar-refractivity contribution is -0.0481. The van der Waals surface area contributed by atoms with Crippen molar-refractivity contribution < 1.29 is 9.84 Å². The number of rotatable bonds is 1. The zero-order chi connectivity index (χ0) is 6.69. The summed E-state index contributed by atoms with van der Waals surface area (Å²) in [4.78, 5) is 0. The fourth-order valence-corrected chi connectivity index (χ4v) is 1.01. The molecule has 9 heavy (non-hydrogen) atoms. The molecule has 0 aromatic rings. The van der Waals surface area contributed by atoms with E-state index in [1.807, 2.05) is 0 Å². The molecular formula is C7H12O2. The lowest BCUT2D eigenvalue weighted by Crippen LogP contribution is -2.31. The van der Waals surface area contributed by atoms with Gasteiger partial charge in [-0.25, -0.2) is 0 Å². The summed E-state index contributed by atoms with van der Waals surface area (Å²) in [5.41, 5.74) is 0. The van der Waals surface area contributed by atoms with Crippen molar-refractivity contribution in [1.29, 1.82) is 0 Å². The molecule has 0 radical (unpaired) electrons. The van der Waals surface area contributed by atoms with Crippen LogP contribution in [0.15, 0.2) is 12.7 Å². The normalized spacial score (nSPS) is 36.1. The smallest absolute Gasteiger partial charge is 0.101 e. The van der Waals surface area contributed by atoms with Gasteiger partial charge < -0.3 is 9.84 Å². The van der Waals surface area contributed by atoms with E-state index in [-0.39, 0.29) is 12.2 Å². The highest BCUT2D eigenvalue weighted by Crippen LogP contribution is 2.13. The van der Waals surface area contributed by atoms with Gasteiger partial charge in [0.2, 0.25) is 0 Å². The van der Waals surface area contributed by atoms with Crippen LogP contribution in [0.4, 0.5) is 0 Å². The number of ether oxygens (including phenoxy) is 1. The van der Waals surface area contributed by atoms with Gasteiger partial charge in [-0.05, 0) is 12.8 Å². The number of aliphatic hydroxyl groups is 1. The molecule has 0 spiro atoms. The highest BCUT2D eigenvalue weighted by Gasteiger charge is 2.19. The fourth-order valence-electron chi connectivity index (χ4n) is 1.01. The monoisotopic (exact) mass is 128 g/mol. The van der Waals surface area contributed by atoms with E-state index in [4.69, 9.17) is 4.74 Å². The Morgan fingerprint density at radius 3 is 2.89 bits per heavy atom. The highest BCUT2D eigenvalue weighted by molar-refractivity contribution is 4.87. The van der Waals surface area contributed by atoms with E-state index >= 15 is 0 Å². The first-order valence-electron chi connectivity index (χ1n) is 3.27. The Bertz CT molecular complexity index is 101. The van der Waals surface area contributed by atoms with Crippen molar-refractivity contribution in [2.75, 3.05) is 6.61 Å². The Morgan fingerprint density at radius 2 is 2.44 bits per heavy atom. The second kappa shape index (κ2) is 2.99. The van der Waals surface area contributed by atoms with Crippen molar-refractivity contribution in [3.8, 4) is 0 Å². The molecule has 2 unspecified atom stereocenters. The zero-order valence-electron chi connectivity index (χ0n) is 5.42. The van der Waals surface area contributed by atoms with Crippen molar-refractivity contribution in [2.24, 2.45) is 0 Å². The molecule has 2 atom stereocenters. The molecule has 2 heteroatoms. The quantitative estimate of drug-likeness (QED) is 0.527. The number of aliphatic hydroxyl groups excluding tert-OH is 1. The number of hydrogen-bond donors (Lipinski definition) is 1. The van der Waals surface area contributed by atoms with Crippen LogP contribution in [0.2, 0.25) is 0 Å². The molecular weight excluding hydrogens is 116 g/mol. The van der Waals surface area contributed by atoms with E-state index in [0.717, 1.165) is 19.4 Å². The van der Waals surface area contributed by atoms with Crippen molar-refractivity contribution in [3.63, 3.8) is 0 Å². The molecule has 1 N–H and O–H groups in total. The SMILES string of the molecule is C=CC1OCCCC1O. The third-order valence-corrected chi connectivity index (χ3v) is 1.57. The minimum Gasteiger partial charge on any atom is -0.390 e. The summed E-state index contributed by atoms with van der Waals surface area (Å²) >= 11 is 0. The van der Waals surface area contributed by atoms with Crippen LogP contribution in [0.25, 0.3) is 0 Å². The summed E-state index contributed by atoms with van der Waals surface area (Å²) in [5, 5.41) is 9.17. The lowest BCUT2D eigenvalue weighted by atomic mass is 10.1. The number of hydrogen-bond acceptors (Lipinski definition) is 2. The van der Waals surface area contributed by atoms with Gasteiger partial charge in [-0.3, -0.25) is 0 Å². The molecule has 0 aromatic heterocycles. The maximum absolute atomic E-state index is 9.17. The predicted octanol–water partition coefficient (Wildman–Crippen LogP) is 0.712. The van der Waals surface area contributed by atoms with Gasteiger partial charge in [-0.15, -0.1) is 6.58 Å². The van der Waals surface area contributed by atoms with Gasteiger partial charge in [0.1, 0.15) is 6.10 Å². The molecule has 0 amide bonds. The van der Waals surface area contributed by atoms with E-state index in [9.17, 15) is 5.11 Å². The second-order valence-electron chi connectivity index (χ2n) is 2.28. The average Bonchev–Trinajstić information content (AvgIpc) is 1.89. The van der Waals surface area contributed by atoms with Crippen molar-refractivity contribution in [1.82, 2.24) is 0 Å². The average molecular weight is 128 g/mol. The van der Waals surface area contributed by atoms with Crippen LogP contribution in [0.1, 0.15) is 12.8 Å². The van der Waals surface area contributed by atoms with Gasteiger partial charge in [0.25, 0.3) is 0 Å². The first-order valence-corrected chi connectivity index (χ1v) is 3.27. The molecule has 2 nitrogen and oxygen atoms in total. The van der Waals surface area contributed by atoms with Gasteiger partial charge in [-0.1, -0.05) is 6.08 Å². The Balaban J connectivity index is 2.38. The van der Waals surface area contributed by atoms with Crippen molar-refractivity contribution in [3.05, 3.63) is 12.7 Å². The highest BCUT2D eigenvalue weighted by atomic mass is 16.5. The van der Waals surface area contributed by atoms with Gasteiger partial charge >= 0.3 is 0 Å². The maximum Gasteiger partial charge on any atom is 0.101 e. The summed E-state index contributed by atoms with van der Waals surface area (Å²) in [5.74, 6) is 0. The molecule has 0 aromatic carbocycles. The third-order valence-electron chi connectivity index (χ3n) is 1.57. The maximum atomic E-state index is 9.17. The van der Waals surface area contributed by atoms with Gasteiger partial charge in [-0.2, -0.15) is 0 Å². The van der Waals surface area contributed by atoms with Crippen molar-refractivity contribution in [2.45, 2.75) is 25.0 Å². The topological polar surface area (TPSA) is 29.5 Å². The Hall–Kier alpha value is -0.340. The van der Waals surface area contributed by atoms with Crippen molar-refractivity contribution >= 4 is 0 Å². The van der Waals surface area contributed by atoms with E-state index in [1.54, 1.807) is 6.08 Å². The first-order chi connectivity index (χ1) is 4.34. The standard InChI is InChI=1S/C7H12O2/c1-2-7-6(8)4-3-5-9-7/h2,6-8H,1,3-5H2. The molecule has 1 saturated heterocycles. The van der Waals surface area contributed by atoms with Crippen LogP contribution in [0.3, 0.4) is 0 Å². The summed E-state index contributed by atoms with van der Waals surface area (Å²) in [7, 11) is 0. The minimum atomic E-state index is -0.323.